The minimum Gasteiger partial charge on any atom is -0.325 e. The number of unbranched alkanes of at least 4 members (excludes halogenated alkanes) is 1. The number of nitrogens with zero attached hydrogens (tertiary/aromatic N) is 1. The topological polar surface area (TPSA) is 32.3 Å². The Kier molecular flexibility index (Phi) is 5.99. The Morgan fingerprint density at radius 1 is 1.44 bits per heavy atom. The molecule has 106 valence electrons. The van der Waals surface area contributed by atoms with Crippen LogP contribution in [0.3, 0.4) is 0 Å². The molecule has 0 aliphatic carbocycles. The molecule has 1 heterocycles. The molecule has 2 atom stereocenters. The van der Waals surface area contributed by atoms with Gasteiger partial charge >= 0.3 is 0 Å². The molecular weight excluding hydrogens is 244 g/mol. The van der Waals surface area contributed by atoms with Gasteiger partial charge in [0.15, 0.2) is 0 Å². The second-order valence-corrected chi connectivity index (χ2v) is 6.70. The predicted octanol–water partition coefficient (Wildman–Crippen LogP) is 2.71. The van der Waals surface area contributed by atoms with E-state index in [-0.39, 0.29) is 17.6 Å². The molecule has 1 aliphatic heterocycles. The van der Waals surface area contributed by atoms with E-state index in [4.69, 9.17) is 0 Å². The molecule has 0 aromatic carbocycles. The number of rotatable bonds is 7. The molecule has 0 spiro atoms. The lowest BCUT2D eigenvalue weighted by Crippen LogP contribution is -2.45. The number of carbonyl (C=O) groups excluding carboxylic acids is 1. The molecule has 0 aromatic heterocycles. The maximum atomic E-state index is 12.5. The molecule has 0 bridgehead atoms. The summed E-state index contributed by atoms with van der Waals surface area (Å²) < 4.78 is 0. The first-order chi connectivity index (χ1) is 8.46. The maximum Gasteiger partial charge on any atom is 0.243 e. The summed E-state index contributed by atoms with van der Waals surface area (Å²) in [5.74, 6) is 1.93. The van der Waals surface area contributed by atoms with Crippen molar-refractivity contribution in [3.8, 4) is 0 Å². The molecule has 4 heteroatoms. The Labute approximate surface area is 116 Å². The lowest BCUT2D eigenvalue weighted by atomic mass is 9.99. The Morgan fingerprint density at radius 2 is 2.11 bits per heavy atom. The Balaban J connectivity index is 2.64. The van der Waals surface area contributed by atoms with Crippen LogP contribution in [-0.4, -0.2) is 41.1 Å². The van der Waals surface area contributed by atoms with Crippen LogP contribution in [0, 0.1) is 5.92 Å². The highest BCUT2D eigenvalue weighted by Crippen LogP contribution is 2.27. The van der Waals surface area contributed by atoms with E-state index in [0.717, 1.165) is 19.4 Å². The summed E-state index contributed by atoms with van der Waals surface area (Å²) in [6.45, 7) is 9.37. The van der Waals surface area contributed by atoms with Crippen molar-refractivity contribution in [3.63, 3.8) is 0 Å². The van der Waals surface area contributed by atoms with Crippen LogP contribution in [0.15, 0.2) is 0 Å². The van der Waals surface area contributed by atoms with Gasteiger partial charge < -0.3 is 4.90 Å². The van der Waals surface area contributed by atoms with Crippen LogP contribution >= 0.6 is 11.8 Å². The third kappa shape index (κ3) is 3.41. The largest absolute Gasteiger partial charge is 0.325 e. The van der Waals surface area contributed by atoms with Gasteiger partial charge in [-0.05, 0) is 44.1 Å². The van der Waals surface area contributed by atoms with Crippen LogP contribution in [0.2, 0.25) is 0 Å². The van der Waals surface area contributed by atoms with Gasteiger partial charge in [-0.25, -0.2) is 0 Å². The number of thioether (sulfide) groups is 1. The van der Waals surface area contributed by atoms with Gasteiger partial charge in [0.2, 0.25) is 5.91 Å². The SMILES string of the molecule is CCC1(C)NC(C(C)C)N(CCCCSC)C1=O. The molecule has 0 aromatic rings. The van der Waals surface area contributed by atoms with Crippen molar-refractivity contribution in [1.29, 1.82) is 0 Å². The molecule has 1 N–H and O–H groups in total. The van der Waals surface area contributed by atoms with Crippen molar-refractivity contribution in [2.24, 2.45) is 5.92 Å². The molecular formula is C14H28N2OS. The van der Waals surface area contributed by atoms with Crippen molar-refractivity contribution in [3.05, 3.63) is 0 Å². The van der Waals surface area contributed by atoms with Crippen molar-refractivity contribution in [2.45, 2.75) is 58.7 Å². The second kappa shape index (κ2) is 6.80. The van der Waals surface area contributed by atoms with E-state index in [9.17, 15) is 4.79 Å². The Bertz CT molecular complexity index is 283. The summed E-state index contributed by atoms with van der Waals surface area (Å²) in [6.07, 6.45) is 5.50. The van der Waals surface area contributed by atoms with Crippen LogP contribution in [0.4, 0.5) is 0 Å². The zero-order chi connectivity index (χ0) is 13.8. The van der Waals surface area contributed by atoms with Gasteiger partial charge in [0, 0.05) is 6.54 Å². The predicted molar refractivity (Wildman–Crippen MR) is 79.8 cm³/mol. The standard InChI is InChI=1S/C14H28N2OS/c1-6-14(4)13(17)16(9-7-8-10-18-5)12(15-14)11(2)3/h11-12,15H,6-10H2,1-5H3. The van der Waals surface area contributed by atoms with Gasteiger partial charge in [0.25, 0.3) is 0 Å². The minimum atomic E-state index is -0.353. The molecule has 3 nitrogen and oxygen atoms in total. The van der Waals surface area contributed by atoms with E-state index in [1.54, 1.807) is 0 Å². The van der Waals surface area contributed by atoms with E-state index >= 15 is 0 Å². The molecule has 1 rings (SSSR count). The Morgan fingerprint density at radius 3 is 2.61 bits per heavy atom. The number of carbonyl (C=O) groups is 1. The Hall–Kier alpha value is -0.220. The lowest BCUT2D eigenvalue weighted by molar-refractivity contribution is -0.133. The molecule has 0 radical (unpaired) electrons. The smallest absolute Gasteiger partial charge is 0.243 e. The van der Waals surface area contributed by atoms with Crippen molar-refractivity contribution in [2.75, 3.05) is 18.6 Å². The number of hydrogen-bond acceptors (Lipinski definition) is 3. The molecule has 0 saturated carbocycles. The van der Waals surface area contributed by atoms with Crippen molar-refractivity contribution < 1.29 is 4.79 Å². The number of amides is 1. The van der Waals surface area contributed by atoms with Crippen LogP contribution in [0.1, 0.15) is 47.0 Å². The van der Waals surface area contributed by atoms with Gasteiger partial charge in [-0.3, -0.25) is 10.1 Å². The monoisotopic (exact) mass is 272 g/mol. The normalized spacial score (nSPS) is 28.4. The fraction of sp³-hybridized carbons (Fsp3) is 0.929. The third-order valence-electron chi connectivity index (χ3n) is 3.87. The van der Waals surface area contributed by atoms with Crippen LogP contribution in [-0.2, 0) is 4.79 Å². The molecule has 1 aliphatic rings. The quantitative estimate of drug-likeness (QED) is 0.723. The van der Waals surface area contributed by atoms with Crippen LogP contribution in [0.25, 0.3) is 0 Å². The van der Waals surface area contributed by atoms with E-state index in [0.29, 0.717) is 5.92 Å². The average molecular weight is 272 g/mol. The van der Waals surface area contributed by atoms with Crippen LogP contribution < -0.4 is 5.32 Å². The van der Waals surface area contributed by atoms with Crippen LogP contribution in [0.5, 0.6) is 0 Å². The number of hydrogen-bond donors (Lipinski definition) is 1. The number of nitrogens with one attached hydrogen (secondary N) is 1. The highest BCUT2D eigenvalue weighted by Gasteiger charge is 2.47. The maximum absolute atomic E-state index is 12.5. The van der Waals surface area contributed by atoms with Gasteiger partial charge in [-0.1, -0.05) is 20.8 Å². The van der Waals surface area contributed by atoms with E-state index < -0.39 is 0 Å². The van der Waals surface area contributed by atoms with Gasteiger partial charge in [0.1, 0.15) is 0 Å². The van der Waals surface area contributed by atoms with E-state index in [2.05, 4.69) is 37.2 Å². The van der Waals surface area contributed by atoms with Crippen molar-refractivity contribution >= 4 is 17.7 Å². The molecule has 1 fully saturated rings. The first kappa shape index (κ1) is 15.8. The third-order valence-corrected chi connectivity index (χ3v) is 4.57. The van der Waals surface area contributed by atoms with Crippen molar-refractivity contribution in [1.82, 2.24) is 10.2 Å². The highest BCUT2D eigenvalue weighted by atomic mass is 32.2. The van der Waals surface area contributed by atoms with Gasteiger partial charge in [-0.15, -0.1) is 0 Å². The zero-order valence-corrected chi connectivity index (χ0v) is 13.3. The average Bonchev–Trinajstić information content (AvgIpc) is 2.60. The summed E-state index contributed by atoms with van der Waals surface area (Å²) in [7, 11) is 0. The fourth-order valence-electron chi connectivity index (χ4n) is 2.46. The molecule has 1 amide bonds. The van der Waals surface area contributed by atoms with E-state index in [1.807, 2.05) is 18.7 Å². The molecule has 2 unspecified atom stereocenters. The van der Waals surface area contributed by atoms with Gasteiger partial charge in [0.05, 0.1) is 11.7 Å². The summed E-state index contributed by atoms with van der Waals surface area (Å²) in [5, 5.41) is 3.53. The summed E-state index contributed by atoms with van der Waals surface area (Å²) in [6, 6.07) is 0. The van der Waals surface area contributed by atoms with E-state index in [1.165, 1.54) is 12.2 Å². The molecule has 18 heavy (non-hydrogen) atoms. The fourth-order valence-corrected chi connectivity index (χ4v) is 2.95. The zero-order valence-electron chi connectivity index (χ0n) is 12.5. The first-order valence-corrected chi connectivity index (χ1v) is 8.43. The highest BCUT2D eigenvalue weighted by molar-refractivity contribution is 7.98. The minimum absolute atomic E-state index is 0.205. The summed E-state index contributed by atoms with van der Waals surface area (Å²) in [4.78, 5) is 14.6. The lowest BCUT2D eigenvalue weighted by Gasteiger charge is -2.27. The first-order valence-electron chi connectivity index (χ1n) is 7.04. The second-order valence-electron chi connectivity index (χ2n) is 5.72. The van der Waals surface area contributed by atoms with Gasteiger partial charge in [-0.2, -0.15) is 11.8 Å². The summed E-state index contributed by atoms with van der Waals surface area (Å²) in [5.41, 5.74) is -0.353. The molecule has 1 saturated heterocycles. The summed E-state index contributed by atoms with van der Waals surface area (Å²) >= 11 is 1.88.